The Bertz CT molecular complexity index is 771. The lowest BCUT2D eigenvalue weighted by Gasteiger charge is -2.09. The van der Waals surface area contributed by atoms with Crippen LogP contribution in [0.25, 0.3) is 5.69 Å². The van der Waals surface area contributed by atoms with Crippen LogP contribution in [0.5, 0.6) is 0 Å². The van der Waals surface area contributed by atoms with Gasteiger partial charge in [-0.2, -0.15) is 0 Å². The van der Waals surface area contributed by atoms with Gasteiger partial charge in [0.25, 0.3) is 0 Å². The summed E-state index contributed by atoms with van der Waals surface area (Å²) in [5.74, 6) is 1.67. The van der Waals surface area contributed by atoms with Gasteiger partial charge in [-0.1, -0.05) is 59.8 Å². The molecule has 118 valence electrons. The van der Waals surface area contributed by atoms with E-state index in [4.69, 9.17) is 4.74 Å². The second-order valence-corrected chi connectivity index (χ2v) is 6.22. The second kappa shape index (κ2) is 7.44. The zero-order chi connectivity index (χ0) is 16.1. The molecule has 0 fully saturated rings. The number of para-hydroxylation sites is 1. The van der Waals surface area contributed by atoms with E-state index in [0.29, 0.717) is 6.61 Å². The van der Waals surface area contributed by atoms with Gasteiger partial charge in [0.2, 0.25) is 0 Å². The van der Waals surface area contributed by atoms with Crippen LogP contribution in [0.2, 0.25) is 0 Å². The Labute approximate surface area is 140 Å². The normalized spacial score (nSPS) is 10.9. The van der Waals surface area contributed by atoms with E-state index in [9.17, 15) is 0 Å². The Balaban J connectivity index is 1.87. The standard InChI is InChI=1S/C18H19N3OS/c1-14-7-6-8-15(11-14)13-23-18-20-19-17(12-22-2)21(18)16-9-4-3-5-10-16/h3-11H,12-13H2,1-2H3. The quantitative estimate of drug-likeness (QED) is 0.642. The maximum Gasteiger partial charge on any atom is 0.196 e. The highest BCUT2D eigenvalue weighted by molar-refractivity contribution is 7.98. The van der Waals surface area contributed by atoms with Crippen molar-refractivity contribution in [2.24, 2.45) is 0 Å². The average Bonchev–Trinajstić information content (AvgIpc) is 2.97. The van der Waals surface area contributed by atoms with E-state index in [1.165, 1.54) is 11.1 Å². The Kier molecular flexibility index (Phi) is 5.10. The lowest BCUT2D eigenvalue weighted by atomic mass is 10.2. The molecule has 0 spiro atoms. The molecule has 0 aliphatic heterocycles. The number of hydrogen-bond donors (Lipinski definition) is 0. The van der Waals surface area contributed by atoms with Gasteiger partial charge in [-0.3, -0.25) is 4.57 Å². The van der Waals surface area contributed by atoms with Crippen LogP contribution >= 0.6 is 11.8 Å². The number of thioether (sulfide) groups is 1. The van der Waals surface area contributed by atoms with E-state index in [0.717, 1.165) is 22.4 Å². The Morgan fingerprint density at radius 3 is 2.61 bits per heavy atom. The summed E-state index contributed by atoms with van der Waals surface area (Å²) in [6.45, 7) is 2.55. The van der Waals surface area contributed by atoms with Gasteiger partial charge in [0.15, 0.2) is 11.0 Å². The lowest BCUT2D eigenvalue weighted by molar-refractivity contribution is 0.176. The fourth-order valence-electron chi connectivity index (χ4n) is 2.40. The van der Waals surface area contributed by atoms with Gasteiger partial charge in [0.1, 0.15) is 6.61 Å². The Morgan fingerprint density at radius 2 is 1.87 bits per heavy atom. The third-order valence-electron chi connectivity index (χ3n) is 3.44. The minimum atomic E-state index is 0.437. The first-order chi connectivity index (χ1) is 11.3. The van der Waals surface area contributed by atoms with E-state index in [-0.39, 0.29) is 0 Å². The first-order valence-corrected chi connectivity index (χ1v) is 8.43. The molecule has 0 bridgehead atoms. The van der Waals surface area contributed by atoms with Crippen LogP contribution in [0.4, 0.5) is 0 Å². The number of aromatic nitrogens is 3. The van der Waals surface area contributed by atoms with Crippen LogP contribution in [0.1, 0.15) is 17.0 Å². The monoisotopic (exact) mass is 325 g/mol. The highest BCUT2D eigenvalue weighted by atomic mass is 32.2. The first-order valence-electron chi connectivity index (χ1n) is 7.45. The number of benzene rings is 2. The molecule has 1 aromatic heterocycles. The third kappa shape index (κ3) is 3.81. The molecule has 0 radical (unpaired) electrons. The molecule has 1 heterocycles. The molecule has 0 amide bonds. The van der Waals surface area contributed by atoms with Crippen molar-refractivity contribution in [1.82, 2.24) is 14.8 Å². The number of ether oxygens (including phenoxy) is 1. The predicted molar refractivity (Wildman–Crippen MR) is 92.8 cm³/mol. The SMILES string of the molecule is COCc1nnc(SCc2cccc(C)c2)n1-c1ccccc1. The van der Waals surface area contributed by atoms with Crippen LogP contribution < -0.4 is 0 Å². The molecule has 0 aliphatic rings. The molecule has 0 saturated heterocycles. The van der Waals surface area contributed by atoms with E-state index in [1.807, 2.05) is 18.2 Å². The highest BCUT2D eigenvalue weighted by Crippen LogP contribution is 2.25. The van der Waals surface area contributed by atoms with Gasteiger partial charge < -0.3 is 4.74 Å². The minimum absolute atomic E-state index is 0.437. The highest BCUT2D eigenvalue weighted by Gasteiger charge is 2.14. The molecule has 0 atom stereocenters. The maximum absolute atomic E-state index is 5.25. The second-order valence-electron chi connectivity index (χ2n) is 5.28. The van der Waals surface area contributed by atoms with Gasteiger partial charge in [-0.05, 0) is 24.6 Å². The number of rotatable bonds is 6. The van der Waals surface area contributed by atoms with Gasteiger partial charge in [0, 0.05) is 18.6 Å². The molecule has 0 N–H and O–H groups in total. The van der Waals surface area contributed by atoms with Crippen molar-refractivity contribution in [3.63, 3.8) is 0 Å². The van der Waals surface area contributed by atoms with E-state index < -0.39 is 0 Å². The topological polar surface area (TPSA) is 39.9 Å². The molecule has 3 aromatic rings. The van der Waals surface area contributed by atoms with E-state index >= 15 is 0 Å². The zero-order valence-electron chi connectivity index (χ0n) is 13.3. The average molecular weight is 325 g/mol. The number of aryl methyl sites for hydroxylation is 1. The Hall–Kier alpha value is -2.11. The molecule has 2 aromatic carbocycles. The number of methoxy groups -OCH3 is 1. The zero-order valence-corrected chi connectivity index (χ0v) is 14.1. The fourth-order valence-corrected chi connectivity index (χ4v) is 3.32. The minimum Gasteiger partial charge on any atom is -0.377 e. The Morgan fingerprint density at radius 1 is 1.04 bits per heavy atom. The third-order valence-corrected chi connectivity index (χ3v) is 4.44. The number of nitrogens with zero attached hydrogens (tertiary/aromatic N) is 3. The molecular formula is C18H19N3OS. The van der Waals surface area contributed by atoms with Crippen molar-refractivity contribution in [3.05, 3.63) is 71.5 Å². The predicted octanol–water partition coefficient (Wildman–Crippen LogP) is 4.01. The van der Waals surface area contributed by atoms with Crippen molar-refractivity contribution in [3.8, 4) is 5.69 Å². The van der Waals surface area contributed by atoms with Gasteiger partial charge >= 0.3 is 0 Å². The lowest BCUT2D eigenvalue weighted by Crippen LogP contribution is -2.03. The molecule has 5 heteroatoms. The molecule has 0 saturated carbocycles. The van der Waals surface area contributed by atoms with Crippen molar-refractivity contribution in [2.45, 2.75) is 24.4 Å². The summed E-state index contributed by atoms with van der Waals surface area (Å²) in [4.78, 5) is 0. The van der Waals surface area contributed by atoms with Crippen LogP contribution in [0, 0.1) is 6.92 Å². The molecule has 0 unspecified atom stereocenters. The van der Waals surface area contributed by atoms with Gasteiger partial charge in [-0.25, -0.2) is 0 Å². The molecule has 3 rings (SSSR count). The van der Waals surface area contributed by atoms with Crippen molar-refractivity contribution in [2.75, 3.05) is 7.11 Å². The van der Waals surface area contributed by atoms with Crippen LogP contribution in [-0.4, -0.2) is 21.9 Å². The van der Waals surface area contributed by atoms with E-state index in [1.54, 1.807) is 18.9 Å². The largest absolute Gasteiger partial charge is 0.377 e. The summed E-state index contributed by atoms with van der Waals surface area (Å²) in [5, 5.41) is 9.50. The summed E-state index contributed by atoms with van der Waals surface area (Å²) >= 11 is 1.68. The van der Waals surface area contributed by atoms with Gasteiger partial charge in [-0.15, -0.1) is 10.2 Å². The fraction of sp³-hybridized carbons (Fsp3) is 0.222. The summed E-state index contributed by atoms with van der Waals surface area (Å²) < 4.78 is 7.31. The molecule has 23 heavy (non-hydrogen) atoms. The summed E-state index contributed by atoms with van der Waals surface area (Å²) in [6, 6.07) is 18.7. The van der Waals surface area contributed by atoms with Crippen molar-refractivity contribution < 1.29 is 4.74 Å². The number of hydrogen-bond acceptors (Lipinski definition) is 4. The van der Waals surface area contributed by atoms with Crippen molar-refractivity contribution in [1.29, 1.82) is 0 Å². The first kappa shape index (κ1) is 15.8. The van der Waals surface area contributed by atoms with Crippen LogP contribution in [-0.2, 0) is 17.1 Å². The molecule has 0 aliphatic carbocycles. The molecular weight excluding hydrogens is 306 g/mol. The van der Waals surface area contributed by atoms with E-state index in [2.05, 4.69) is 58.1 Å². The smallest absolute Gasteiger partial charge is 0.196 e. The van der Waals surface area contributed by atoms with Crippen molar-refractivity contribution >= 4 is 11.8 Å². The summed E-state index contributed by atoms with van der Waals surface area (Å²) in [7, 11) is 1.67. The van der Waals surface area contributed by atoms with Crippen LogP contribution in [0.3, 0.4) is 0 Å². The summed E-state index contributed by atoms with van der Waals surface area (Å²) in [5.41, 5.74) is 3.61. The van der Waals surface area contributed by atoms with Crippen LogP contribution in [0.15, 0.2) is 59.8 Å². The molecule has 4 nitrogen and oxygen atoms in total. The van der Waals surface area contributed by atoms with Gasteiger partial charge in [0.05, 0.1) is 0 Å². The summed E-state index contributed by atoms with van der Waals surface area (Å²) in [6.07, 6.45) is 0. The maximum atomic E-state index is 5.25.